The predicted octanol–water partition coefficient (Wildman–Crippen LogP) is 2.30. The molecule has 1 aliphatic heterocycles. The first kappa shape index (κ1) is 20.1. The zero-order valence-corrected chi connectivity index (χ0v) is 16.3. The zero-order chi connectivity index (χ0) is 21.2. The number of Topliss-reactive ketones (excluding diaryl/α,β-unsaturated/α-hetero) is 1. The molecule has 0 spiro atoms. The number of benzene rings is 2. The molecule has 2 aromatic rings. The minimum Gasteiger partial charge on any atom is -0.497 e. The van der Waals surface area contributed by atoms with Crippen molar-refractivity contribution in [1.29, 1.82) is 0 Å². The smallest absolute Gasteiger partial charge is 0.325 e. The number of rotatable bonds is 6. The second-order valence-corrected chi connectivity index (χ2v) is 6.82. The Morgan fingerprint density at radius 2 is 1.76 bits per heavy atom. The third-order valence-electron chi connectivity index (χ3n) is 4.82. The Kier molecular flexibility index (Phi) is 5.36. The molecule has 4 amide bonds. The summed E-state index contributed by atoms with van der Waals surface area (Å²) in [7, 11) is 1.53. The Morgan fingerprint density at radius 1 is 1.10 bits per heavy atom. The van der Waals surface area contributed by atoms with Gasteiger partial charge in [0.1, 0.15) is 17.8 Å². The summed E-state index contributed by atoms with van der Waals surface area (Å²) in [4.78, 5) is 50.3. The highest BCUT2D eigenvalue weighted by Crippen LogP contribution is 2.30. The molecule has 2 N–H and O–H groups in total. The lowest BCUT2D eigenvalue weighted by Gasteiger charge is -2.22. The summed E-state index contributed by atoms with van der Waals surface area (Å²) >= 11 is 0. The lowest BCUT2D eigenvalue weighted by Crippen LogP contribution is -2.42. The molecular formula is C21H21N3O5. The number of carbonyl (C=O) groups is 4. The van der Waals surface area contributed by atoms with Crippen molar-refractivity contribution in [3.8, 4) is 5.75 Å². The molecule has 1 fully saturated rings. The largest absolute Gasteiger partial charge is 0.497 e. The highest BCUT2D eigenvalue weighted by atomic mass is 16.5. The summed E-state index contributed by atoms with van der Waals surface area (Å²) in [6.45, 7) is 2.50. The van der Waals surface area contributed by atoms with E-state index in [9.17, 15) is 19.2 Å². The SMILES string of the molecule is COc1ccc(C2(C)NC(=O)N(CC(=O)Nc3ccccc3C(C)=O)C2=O)cc1. The number of hydrogen-bond donors (Lipinski definition) is 2. The van der Waals surface area contributed by atoms with Crippen LogP contribution in [0, 0.1) is 0 Å². The van der Waals surface area contributed by atoms with Crippen molar-refractivity contribution in [1.82, 2.24) is 10.2 Å². The average Bonchev–Trinajstić information content (AvgIpc) is 2.92. The molecule has 0 radical (unpaired) electrons. The predicted molar refractivity (Wildman–Crippen MR) is 106 cm³/mol. The molecule has 1 unspecified atom stereocenters. The topological polar surface area (TPSA) is 105 Å². The van der Waals surface area contributed by atoms with Gasteiger partial charge in [-0.2, -0.15) is 0 Å². The molecule has 29 heavy (non-hydrogen) atoms. The zero-order valence-electron chi connectivity index (χ0n) is 16.3. The van der Waals surface area contributed by atoms with Gasteiger partial charge >= 0.3 is 6.03 Å². The van der Waals surface area contributed by atoms with E-state index in [-0.39, 0.29) is 5.78 Å². The molecule has 8 heteroatoms. The molecule has 1 heterocycles. The first-order valence-corrected chi connectivity index (χ1v) is 8.94. The number of para-hydroxylation sites is 1. The normalized spacial score (nSPS) is 18.4. The van der Waals surface area contributed by atoms with E-state index in [1.807, 2.05) is 0 Å². The quantitative estimate of drug-likeness (QED) is 0.577. The molecule has 1 saturated heterocycles. The van der Waals surface area contributed by atoms with E-state index >= 15 is 0 Å². The number of nitrogens with one attached hydrogen (secondary N) is 2. The van der Waals surface area contributed by atoms with Crippen LogP contribution in [0.3, 0.4) is 0 Å². The Bertz CT molecular complexity index is 986. The van der Waals surface area contributed by atoms with Crippen molar-refractivity contribution in [3.05, 3.63) is 59.7 Å². The summed E-state index contributed by atoms with van der Waals surface area (Å²) in [6.07, 6.45) is 0. The van der Waals surface area contributed by atoms with Crippen molar-refractivity contribution < 1.29 is 23.9 Å². The third kappa shape index (κ3) is 3.82. The third-order valence-corrected chi connectivity index (χ3v) is 4.82. The number of carbonyl (C=O) groups excluding carboxylic acids is 4. The lowest BCUT2D eigenvalue weighted by atomic mass is 9.92. The van der Waals surface area contributed by atoms with E-state index in [0.717, 1.165) is 4.90 Å². The maximum absolute atomic E-state index is 12.9. The number of amides is 4. The van der Waals surface area contributed by atoms with E-state index in [4.69, 9.17) is 4.74 Å². The molecule has 0 saturated carbocycles. The van der Waals surface area contributed by atoms with Crippen molar-refractivity contribution in [2.24, 2.45) is 0 Å². The molecule has 1 aliphatic rings. The number of hydrogen-bond acceptors (Lipinski definition) is 5. The maximum atomic E-state index is 12.9. The Morgan fingerprint density at radius 3 is 2.38 bits per heavy atom. The standard InChI is InChI=1S/C21H21N3O5/c1-13(25)16-6-4-5-7-17(16)22-18(26)12-24-19(27)21(2,23-20(24)28)14-8-10-15(29-3)11-9-14/h4-11H,12H2,1-3H3,(H,22,26)(H,23,28). The highest BCUT2D eigenvalue weighted by Gasteiger charge is 2.49. The molecule has 8 nitrogen and oxygen atoms in total. The fourth-order valence-electron chi connectivity index (χ4n) is 3.19. The average molecular weight is 395 g/mol. The number of methoxy groups -OCH3 is 1. The van der Waals surface area contributed by atoms with E-state index in [1.165, 1.54) is 14.0 Å². The minimum atomic E-state index is -1.29. The number of urea groups is 1. The molecular weight excluding hydrogens is 374 g/mol. The lowest BCUT2D eigenvalue weighted by molar-refractivity contribution is -0.133. The van der Waals surface area contributed by atoms with E-state index in [2.05, 4.69) is 10.6 Å². The second-order valence-electron chi connectivity index (χ2n) is 6.82. The van der Waals surface area contributed by atoms with Gasteiger partial charge in [0.25, 0.3) is 5.91 Å². The number of imide groups is 1. The fourth-order valence-corrected chi connectivity index (χ4v) is 3.19. The summed E-state index contributed by atoms with van der Waals surface area (Å²) < 4.78 is 5.11. The molecule has 0 aliphatic carbocycles. The van der Waals surface area contributed by atoms with Gasteiger partial charge in [0.15, 0.2) is 5.78 Å². The van der Waals surface area contributed by atoms with Gasteiger partial charge in [-0.25, -0.2) is 4.79 Å². The number of nitrogens with zero attached hydrogens (tertiary/aromatic N) is 1. The van der Waals surface area contributed by atoms with Gasteiger partial charge in [0, 0.05) is 5.56 Å². The van der Waals surface area contributed by atoms with Crippen LogP contribution in [-0.2, 0) is 15.1 Å². The highest BCUT2D eigenvalue weighted by molar-refractivity contribution is 6.11. The molecule has 3 rings (SSSR count). The van der Waals surface area contributed by atoms with Crippen molar-refractivity contribution in [2.45, 2.75) is 19.4 Å². The van der Waals surface area contributed by atoms with Gasteiger partial charge in [-0.15, -0.1) is 0 Å². The fraction of sp³-hybridized carbons (Fsp3) is 0.238. The first-order chi connectivity index (χ1) is 13.8. The van der Waals surface area contributed by atoms with Gasteiger partial charge in [0.05, 0.1) is 12.8 Å². The van der Waals surface area contributed by atoms with Crippen molar-refractivity contribution in [2.75, 3.05) is 19.0 Å². The summed E-state index contributed by atoms with van der Waals surface area (Å²) in [5, 5.41) is 5.24. The molecule has 0 bridgehead atoms. The van der Waals surface area contributed by atoms with Gasteiger partial charge in [0.2, 0.25) is 5.91 Å². The van der Waals surface area contributed by atoms with Crippen LogP contribution < -0.4 is 15.4 Å². The number of ether oxygens (including phenoxy) is 1. The minimum absolute atomic E-state index is 0.206. The van der Waals surface area contributed by atoms with Crippen LogP contribution in [0.25, 0.3) is 0 Å². The first-order valence-electron chi connectivity index (χ1n) is 8.94. The number of anilines is 1. The molecule has 150 valence electrons. The van der Waals surface area contributed by atoms with Crippen LogP contribution in [0.5, 0.6) is 5.75 Å². The van der Waals surface area contributed by atoms with Crippen LogP contribution in [0.2, 0.25) is 0 Å². The van der Waals surface area contributed by atoms with E-state index in [1.54, 1.807) is 55.5 Å². The molecule has 0 aromatic heterocycles. The van der Waals surface area contributed by atoms with Gasteiger partial charge in [-0.05, 0) is 43.7 Å². The monoisotopic (exact) mass is 395 g/mol. The molecule has 1 atom stereocenters. The number of ketones is 1. The summed E-state index contributed by atoms with van der Waals surface area (Å²) in [5.74, 6) is -0.707. The van der Waals surface area contributed by atoms with Gasteiger partial charge < -0.3 is 15.4 Å². The summed E-state index contributed by atoms with van der Waals surface area (Å²) in [5.41, 5.74) is -0.0430. The Hall–Kier alpha value is -3.68. The van der Waals surface area contributed by atoms with Crippen LogP contribution in [0.4, 0.5) is 10.5 Å². The van der Waals surface area contributed by atoms with Crippen LogP contribution in [0.15, 0.2) is 48.5 Å². The Labute approximate surface area is 167 Å². The van der Waals surface area contributed by atoms with Crippen LogP contribution in [0.1, 0.15) is 29.8 Å². The Balaban J connectivity index is 1.76. The second kappa shape index (κ2) is 7.75. The van der Waals surface area contributed by atoms with Gasteiger partial charge in [-0.3, -0.25) is 19.3 Å². The van der Waals surface area contributed by atoms with Crippen LogP contribution in [-0.4, -0.2) is 42.2 Å². The molecule has 2 aromatic carbocycles. The summed E-state index contributed by atoms with van der Waals surface area (Å²) in [6, 6.07) is 12.6. The van der Waals surface area contributed by atoms with E-state index < -0.39 is 29.9 Å². The van der Waals surface area contributed by atoms with Crippen molar-refractivity contribution >= 4 is 29.3 Å². The van der Waals surface area contributed by atoms with Gasteiger partial charge in [-0.1, -0.05) is 24.3 Å². The van der Waals surface area contributed by atoms with E-state index in [0.29, 0.717) is 22.6 Å². The maximum Gasteiger partial charge on any atom is 0.325 e. The van der Waals surface area contributed by atoms with Crippen molar-refractivity contribution in [3.63, 3.8) is 0 Å². The van der Waals surface area contributed by atoms with Crippen LogP contribution >= 0.6 is 0 Å².